The van der Waals surface area contributed by atoms with Gasteiger partial charge in [0.25, 0.3) is 11.5 Å². The standard InChI is InChI=1S/C11H8N4O2/c12-10(16)6-4-13-7-3-1-2-5-8(7)9(6)14-15-11(5)17/h1-4,13H,(H2,12,16)(H,15,17). The van der Waals surface area contributed by atoms with E-state index in [0.717, 1.165) is 5.69 Å². The Labute approximate surface area is 95.1 Å². The number of hydrogen-bond donors (Lipinski definition) is 3. The maximum atomic E-state index is 11.6. The third-order valence-electron chi connectivity index (χ3n) is 2.71. The van der Waals surface area contributed by atoms with Gasteiger partial charge in [0.05, 0.1) is 11.0 Å². The summed E-state index contributed by atoms with van der Waals surface area (Å²) in [7, 11) is 0. The SMILES string of the molecule is NC(=O)C1=CNc2cccc3c(=O)[nH]nc1c23. The molecule has 0 saturated carbocycles. The molecule has 2 heterocycles. The number of anilines is 1. The van der Waals surface area contributed by atoms with Crippen LogP contribution in [-0.4, -0.2) is 16.1 Å². The van der Waals surface area contributed by atoms with E-state index in [0.29, 0.717) is 16.5 Å². The molecule has 0 bridgehead atoms. The first-order chi connectivity index (χ1) is 8.18. The highest BCUT2D eigenvalue weighted by atomic mass is 16.1. The largest absolute Gasteiger partial charge is 0.365 e. The fraction of sp³-hybridized carbons (Fsp3) is 0. The summed E-state index contributed by atoms with van der Waals surface area (Å²) in [6.07, 6.45) is 1.49. The highest BCUT2D eigenvalue weighted by Crippen LogP contribution is 2.31. The van der Waals surface area contributed by atoms with Crippen molar-refractivity contribution in [1.29, 1.82) is 0 Å². The number of H-pyrrole nitrogens is 1. The number of primary amides is 1. The summed E-state index contributed by atoms with van der Waals surface area (Å²) >= 11 is 0. The first kappa shape index (κ1) is 9.59. The normalized spacial score (nSPS) is 13.1. The number of carbonyl (C=O) groups is 1. The minimum atomic E-state index is -0.590. The summed E-state index contributed by atoms with van der Waals surface area (Å²) in [4.78, 5) is 22.9. The van der Waals surface area contributed by atoms with Crippen molar-refractivity contribution >= 4 is 27.9 Å². The van der Waals surface area contributed by atoms with Crippen LogP contribution in [0, 0.1) is 0 Å². The highest BCUT2D eigenvalue weighted by Gasteiger charge is 2.20. The molecule has 0 unspecified atom stereocenters. The Morgan fingerprint density at radius 3 is 2.94 bits per heavy atom. The molecule has 0 fully saturated rings. The van der Waals surface area contributed by atoms with Gasteiger partial charge in [0, 0.05) is 17.3 Å². The van der Waals surface area contributed by atoms with Crippen LogP contribution in [0.1, 0.15) is 5.69 Å². The van der Waals surface area contributed by atoms with Crippen LogP contribution in [0.15, 0.2) is 29.2 Å². The van der Waals surface area contributed by atoms with Crippen molar-refractivity contribution in [2.75, 3.05) is 5.32 Å². The van der Waals surface area contributed by atoms with Crippen LogP contribution < -0.4 is 16.6 Å². The second-order valence-corrected chi connectivity index (χ2v) is 3.70. The van der Waals surface area contributed by atoms with Gasteiger partial charge in [-0.25, -0.2) is 5.10 Å². The van der Waals surface area contributed by atoms with Crippen molar-refractivity contribution in [3.8, 4) is 0 Å². The maximum absolute atomic E-state index is 11.6. The summed E-state index contributed by atoms with van der Waals surface area (Å²) in [5, 5.41) is 10.3. The van der Waals surface area contributed by atoms with Crippen LogP contribution in [0.5, 0.6) is 0 Å². The Balaban J connectivity index is 2.48. The Kier molecular flexibility index (Phi) is 1.79. The van der Waals surface area contributed by atoms with Crippen molar-refractivity contribution in [2.45, 2.75) is 0 Å². The number of benzene rings is 1. The number of nitrogens with zero attached hydrogens (tertiary/aromatic N) is 1. The van der Waals surface area contributed by atoms with Crippen molar-refractivity contribution in [3.05, 3.63) is 40.4 Å². The van der Waals surface area contributed by atoms with E-state index in [1.807, 2.05) is 0 Å². The monoisotopic (exact) mass is 228 g/mol. The minimum Gasteiger partial charge on any atom is -0.365 e. The first-order valence-corrected chi connectivity index (χ1v) is 4.97. The van der Waals surface area contributed by atoms with Crippen LogP contribution >= 0.6 is 0 Å². The number of hydrogen-bond acceptors (Lipinski definition) is 4. The number of nitrogens with two attached hydrogens (primary N) is 1. The molecule has 84 valence electrons. The molecule has 0 spiro atoms. The third-order valence-corrected chi connectivity index (χ3v) is 2.71. The van der Waals surface area contributed by atoms with E-state index in [1.54, 1.807) is 18.2 Å². The van der Waals surface area contributed by atoms with Crippen molar-refractivity contribution in [3.63, 3.8) is 0 Å². The van der Waals surface area contributed by atoms with Gasteiger partial charge in [-0.05, 0) is 12.1 Å². The van der Waals surface area contributed by atoms with E-state index in [-0.39, 0.29) is 11.1 Å². The molecule has 4 N–H and O–H groups in total. The molecule has 6 heteroatoms. The van der Waals surface area contributed by atoms with Gasteiger partial charge in [-0.1, -0.05) is 6.07 Å². The number of rotatable bonds is 1. The number of aromatic amines is 1. The van der Waals surface area contributed by atoms with Gasteiger partial charge in [-0.15, -0.1) is 0 Å². The first-order valence-electron chi connectivity index (χ1n) is 4.97. The average molecular weight is 228 g/mol. The van der Waals surface area contributed by atoms with E-state index >= 15 is 0 Å². The lowest BCUT2D eigenvalue weighted by Gasteiger charge is -2.15. The zero-order chi connectivity index (χ0) is 12.0. The summed E-state index contributed by atoms with van der Waals surface area (Å²) in [5.41, 5.74) is 6.36. The van der Waals surface area contributed by atoms with E-state index in [2.05, 4.69) is 15.5 Å². The lowest BCUT2D eigenvalue weighted by atomic mass is 10.0. The predicted octanol–water partition coefficient (Wildman–Crippen LogP) is 0.175. The molecule has 1 amide bonds. The van der Waals surface area contributed by atoms with E-state index in [4.69, 9.17) is 5.73 Å². The smallest absolute Gasteiger partial charge is 0.272 e. The predicted molar refractivity (Wildman–Crippen MR) is 63.2 cm³/mol. The van der Waals surface area contributed by atoms with Crippen molar-refractivity contribution < 1.29 is 4.79 Å². The molecule has 1 aliphatic heterocycles. The van der Waals surface area contributed by atoms with Gasteiger partial charge in [0.1, 0.15) is 5.69 Å². The molecular formula is C11H8N4O2. The molecule has 0 saturated heterocycles. The van der Waals surface area contributed by atoms with Gasteiger partial charge in [0.2, 0.25) is 0 Å². The molecule has 1 aliphatic rings. The molecule has 0 radical (unpaired) electrons. The molecule has 6 nitrogen and oxygen atoms in total. The highest BCUT2D eigenvalue weighted by molar-refractivity contribution is 6.24. The maximum Gasteiger partial charge on any atom is 0.272 e. The molecule has 1 aromatic carbocycles. The van der Waals surface area contributed by atoms with E-state index < -0.39 is 5.91 Å². The van der Waals surface area contributed by atoms with Gasteiger partial charge in [0.15, 0.2) is 0 Å². The van der Waals surface area contributed by atoms with Gasteiger partial charge >= 0.3 is 0 Å². The number of nitrogens with one attached hydrogen (secondary N) is 2. The van der Waals surface area contributed by atoms with Gasteiger partial charge in [-0.2, -0.15) is 5.10 Å². The van der Waals surface area contributed by atoms with Crippen molar-refractivity contribution in [2.24, 2.45) is 5.73 Å². The lowest BCUT2D eigenvalue weighted by molar-refractivity contribution is -0.112. The second kappa shape index (κ2) is 3.18. The lowest BCUT2D eigenvalue weighted by Crippen LogP contribution is -2.21. The van der Waals surface area contributed by atoms with Crippen molar-refractivity contribution in [1.82, 2.24) is 10.2 Å². The van der Waals surface area contributed by atoms with E-state index in [9.17, 15) is 9.59 Å². The molecule has 0 atom stereocenters. The summed E-state index contributed by atoms with van der Waals surface area (Å²) in [6.45, 7) is 0. The molecular weight excluding hydrogens is 220 g/mol. The zero-order valence-corrected chi connectivity index (χ0v) is 8.65. The fourth-order valence-electron chi connectivity index (χ4n) is 1.94. The molecule has 1 aromatic heterocycles. The Morgan fingerprint density at radius 1 is 1.35 bits per heavy atom. The van der Waals surface area contributed by atoms with Crippen LogP contribution in [0.3, 0.4) is 0 Å². The summed E-state index contributed by atoms with van der Waals surface area (Å²) in [5.74, 6) is -0.590. The average Bonchev–Trinajstić information content (AvgIpc) is 2.33. The Hall–Kier alpha value is -2.63. The molecule has 0 aliphatic carbocycles. The van der Waals surface area contributed by atoms with Crippen LogP contribution in [0.2, 0.25) is 0 Å². The molecule has 3 rings (SSSR count). The third kappa shape index (κ3) is 1.24. The topological polar surface area (TPSA) is 101 Å². The Bertz CT molecular complexity index is 730. The quantitative estimate of drug-likeness (QED) is 0.647. The second-order valence-electron chi connectivity index (χ2n) is 3.70. The molecule has 2 aromatic rings. The van der Waals surface area contributed by atoms with Gasteiger partial charge < -0.3 is 11.1 Å². The van der Waals surface area contributed by atoms with Gasteiger partial charge in [-0.3, -0.25) is 9.59 Å². The molecule has 17 heavy (non-hydrogen) atoms. The zero-order valence-electron chi connectivity index (χ0n) is 8.65. The van der Waals surface area contributed by atoms with E-state index in [1.165, 1.54) is 6.20 Å². The Morgan fingerprint density at radius 2 is 2.18 bits per heavy atom. The van der Waals surface area contributed by atoms with Crippen LogP contribution in [-0.2, 0) is 4.79 Å². The minimum absolute atomic E-state index is 0.255. The van der Waals surface area contributed by atoms with Crippen LogP contribution in [0.4, 0.5) is 5.69 Å². The van der Waals surface area contributed by atoms with Crippen LogP contribution in [0.25, 0.3) is 16.3 Å². The summed E-state index contributed by atoms with van der Waals surface area (Å²) in [6, 6.07) is 5.24. The number of aromatic nitrogens is 2. The number of amides is 1. The fourth-order valence-corrected chi connectivity index (χ4v) is 1.94. The summed E-state index contributed by atoms with van der Waals surface area (Å²) < 4.78 is 0. The number of carbonyl (C=O) groups excluding carboxylic acids is 1.